The maximum Gasteiger partial charge on any atom is 0.240 e. The van der Waals surface area contributed by atoms with Crippen LogP contribution < -0.4 is 0 Å². The standard InChI is InChI=1S/C10H18ClNO2/c1-8(2)7-9(11)10(13)12-3-5-14-6-4-12/h8-9H,3-7H2,1-2H3. The van der Waals surface area contributed by atoms with Crippen molar-refractivity contribution in [2.75, 3.05) is 26.3 Å². The summed E-state index contributed by atoms with van der Waals surface area (Å²) >= 11 is 6.03. The maximum absolute atomic E-state index is 11.8. The van der Waals surface area contributed by atoms with Crippen LogP contribution in [0.25, 0.3) is 0 Å². The second kappa shape index (κ2) is 5.56. The lowest BCUT2D eigenvalue weighted by Gasteiger charge is -2.28. The zero-order chi connectivity index (χ0) is 10.6. The number of ether oxygens (including phenoxy) is 1. The van der Waals surface area contributed by atoms with Crippen LogP contribution in [0.1, 0.15) is 20.3 Å². The molecule has 1 aliphatic rings. The van der Waals surface area contributed by atoms with Crippen molar-refractivity contribution in [3.05, 3.63) is 0 Å². The van der Waals surface area contributed by atoms with E-state index in [4.69, 9.17) is 16.3 Å². The zero-order valence-corrected chi connectivity index (χ0v) is 9.59. The van der Waals surface area contributed by atoms with E-state index in [-0.39, 0.29) is 11.3 Å². The third kappa shape index (κ3) is 3.46. The number of alkyl halides is 1. The van der Waals surface area contributed by atoms with Crippen molar-refractivity contribution in [3.63, 3.8) is 0 Å². The van der Waals surface area contributed by atoms with Crippen LogP contribution >= 0.6 is 11.6 Å². The van der Waals surface area contributed by atoms with Gasteiger partial charge in [0.25, 0.3) is 0 Å². The normalized spacial score (nSPS) is 19.9. The Bertz CT molecular complexity index is 191. The number of morpholine rings is 1. The fourth-order valence-corrected chi connectivity index (χ4v) is 1.99. The highest BCUT2D eigenvalue weighted by Gasteiger charge is 2.24. The Kier molecular flexibility index (Phi) is 4.69. The van der Waals surface area contributed by atoms with Gasteiger partial charge in [0, 0.05) is 13.1 Å². The Labute approximate surface area is 90.4 Å². The van der Waals surface area contributed by atoms with Crippen molar-refractivity contribution < 1.29 is 9.53 Å². The number of hydrogen-bond acceptors (Lipinski definition) is 2. The minimum Gasteiger partial charge on any atom is -0.378 e. The second-order valence-electron chi connectivity index (χ2n) is 4.03. The van der Waals surface area contributed by atoms with Crippen molar-refractivity contribution >= 4 is 17.5 Å². The molecule has 0 aromatic carbocycles. The van der Waals surface area contributed by atoms with Crippen LogP contribution in [0.3, 0.4) is 0 Å². The number of carbonyl (C=O) groups excluding carboxylic acids is 1. The van der Waals surface area contributed by atoms with Crippen molar-refractivity contribution in [1.82, 2.24) is 4.90 Å². The number of halogens is 1. The smallest absolute Gasteiger partial charge is 0.240 e. The fourth-order valence-electron chi connectivity index (χ4n) is 1.50. The summed E-state index contributed by atoms with van der Waals surface area (Å²) in [5, 5.41) is -0.368. The highest BCUT2D eigenvalue weighted by molar-refractivity contribution is 6.30. The van der Waals surface area contributed by atoms with Gasteiger partial charge in [-0.15, -0.1) is 11.6 Å². The van der Waals surface area contributed by atoms with Crippen LogP contribution in [-0.4, -0.2) is 42.5 Å². The SMILES string of the molecule is CC(C)CC(Cl)C(=O)N1CCOCC1. The molecule has 0 aromatic heterocycles. The molecule has 3 nitrogen and oxygen atoms in total. The first kappa shape index (κ1) is 11.8. The summed E-state index contributed by atoms with van der Waals surface area (Å²) < 4.78 is 5.17. The van der Waals surface area contributed by atoms with E-state index in [1.54, 1.807) is 4.90 Å². The molecule has 0 spiro atoms. The van der Waals surface area contributed by atoms with E-state index in [0.29, 0.717) is 32.2 Å². The van der Waals surface area contributed by atoms with E-state index in [1.807, 2.05) is 0 Å². The predicted molar refractivity (Wildman–Crippen MR) is 56.5 cm³/mol. The van der Waals surface area contributed by atoms with Crippen molar-refractivity contribution in [3.8, 4) is 0 Å². The van der Waals surface area contributed by atoms with Crippen LogP contribution in [0.2, 0.25) is 0 Å². The Morgan fingerprint density at radius 1 is 1.43 bits per heavy atom. The summed E-state index contributed by atoms with van der Waals surface area (Å²) in [5.74, 6) is 0.520. The molecule has 1 atom stereocenters. The van der Waals surface area contributed by atoms with Crippen molar-refractivity contribution in [1.29, 1.82) is 0 Å². The molecule has 0 aliphatic carbocycles. The first-order valence-electron chi connectivity index (χ1n) is 5.12. The number of hydrogen-bond donors (Lipinski definition) is 0. The highest BCUT2D eigenvalue weighted by atomic mass is 35.5. The topological polar surface area (TPSA) is 29.5 Å². The first-order chi connectivity index (χ1) is 6.61. The highest BCUT2D eigenvalue weighted by Crippen LogP contribution is 2.14. The molecule has 1 saturated heterocycles. The summed E-state index contributed by atoms with van der Waals surface area (Å²) in [6.07, 6.45) is 0.748. The van der Waals surface area contributed by atoms with E-state index in [1.165, 1.54) is 0 Å². The molecule has 1 fully saturated rings. The third-order valence-electron chi connectivity index (χ3n) is 2.27. The van der Waals surface area contributed by atoms with Gasteiger partial charge in [0.1, 0.15) is 5.38 Å². The quantitative estimate of drug-likeness (QED) is 0.674. The summed E-state index contributed by atoms with van der Waals surface area (Å²) in [6.45, 7) is 6.78. The number of amides is 1. The van der Waals surface area contributed by atoms with E-state index >= 15 is 0 Å². The lowest BCUT2D eigenvalue weighted by atomic mass is 10.1. The number of rotatable bonds is 3. The number of nitrogens with zero attached hydrogens (tertiary/aromatic N) is 1. The van der Waals surface area contributed by atoms with Crippen LogP contribution in [-0.2, 0) is 9.53 Å². The van der Waals surface area contributed by atoms with Crippen LogP contribution in [0.4, 0.5) is 0 Å². The minimum absolute atomic E-state index is 0.0590. The summed E-state index contributed by atoms with van der Waals surface area (Å²) in [5.41, 5.74) is 0. The van der Waals surface area contributed by atoms with E-state index in [0.717, 1.165) is 6.42 Å². The predicted octanol–water partition coefficient (Wildman–Crippen LogP) is 1.50. The molecular weight excluding hydrogens is 202 g/mol. The fraction of sp³-hybridized carbons (Fsp3) is 0.900. The van der Waals surface area contributed by atoms with Crippen molar-refractivity contribution in [2.24, 2.45) is 5.92 Å². The van der Waals surface area contributed by atoms with E-state index in [2.05, 4.69) is 13.8 Å². The molecular formula is C10H18ClNO2. The molecule has 0 radical (unpaired) electrons. The molecule has 0 saturated carbocycles. The summed E-state index contributed by atoms with van der Waals surface area (Å²) in [7, 11) is 0. The second-order valence-corrected chi connectivity index (χ2v) is 4.56. The van der Waals surface area contributed by atoms with Gasteiger partial charge in [-0.2, -0.15) is 0 Å². The number of carbonyl (C=O) groups is 1. The molecule has 0 aromatic rings. The lowest BCUT2D eigenvalue weighted by Crippen LogP contribution is -2.44. The molecule has 82 valence electrons. The summed E-state index contributed by atoms with van der Waals surface area (Å²) in [6, 6.07) is 0. The Balaban J connectivity index is 2.38. The van der Waals surface area contributed by atoms with Crippen LogP contribution in [0.5, 0.6) is 0 Å². The lowest BCUT2D eigenvalue weighted by molar-refractivity contribution is -0.135. The Morgan fingerprint density at radius 3 is 2.50 bits per heavy atom. The van der Waals surface area contributed by atoms with Gasteiger partial charge in [-0.05, 0) is 12.3 Å². The molecule has 1 unspecified atom stereocenters. The molecule has 1 heterocycles. The largest absolute Gasteiger partial charge is 0.378 e. The van der Waals surface area contributed by atoms with Crippen LogP contribution in [0.15, 0.2) is 0 Å². The first-order valence-corrected chi connectivity index (χ1v) is 5.55. The maximum atomic E-state index is 11.8. The van der Waals surface area contributed by atoms with Crippen LogP contribution in [0, 0.1) is 5.92 Å². The van der Waals surface area contributed by atoms with Gasteiger partial charge >= 0.3 is 0 Å². The third-order valence-corrected chi connectivity index (χ3v) is 2.63. The van der Waals surface area contributed by atoms with E-state index in [9.17, 15) is 4.79 Å². The van der Waals surface area contributed by atoms with Gasteiger partial charge in [0.2, 0.25) is 5.91 Å². The van der Waals surface area contributed by atoms with Gasteiger partial charge in [-0.25, -0.2) is 0 Å². The van der Waals surface area contributed by atoms with Gasteiger partial charge < -0.3 is 9.64 Å². The molecule has 14 heavy (non-hydrogen) atoms. The Hall–Kier alpha value is -0.280. The Morgan fingerprint density at radius 2 is 2.00 bits per heavy atom. The molecule has 4 heteroatoms. The average Bonchev–Trinajstić information content (AvgIpc) is 2.17. The summed E-state index contributed by atoms with van der Waals surface area (Å²) in [4.78, 5) is 13.6. The monoisotopic (exact) mass is 219 g/mol. The molecule has 1 aliphatic heterocycles. The molecule has 0 N–H and O–H groups in total. The molecule has 1 rings (SSSR count). The molecule has 0 bridgehead atoms. The van der Waals surface area contributed by atoms with Gasteiger partial charge in [0.15, 0.2) is 0 Å². The van der Waals surface area contributed by atoms with Gasteiger partial charge in [-0.1, -0.05) is 13.8 Å². The average molecular weight is 220 g/mol. The zero-order valence-electron chi connectivity index (χ0n) is 8.83. The van der Waals surface area contributed by atoms with E-state index < -0.39 is 0 Å². The van der Waals surface area contributed by atoms with Gasteiger partial charge in [0.05, 0.1) is 13.2 Å². The van der Waals surface area contributed by atoms with Gasteiger partial charge in [-0.3, -0.25) is 4.79 Å². The molecule has 1 amide bonds. The van der Waals surface area contributed by atoms with Crippen molar-refractivity contribution in [2.45, 2.75) is 25.6 Å². The minimum atomic E-state index is -0.368.